The van der Waals surface area contributed by atoms with Gasteiger partial charge in [-0.05, 0) is 17.7 Å². The smallest absolute Gasteiger partial charge is 0.404 e. The number of benzene rings is 2. The summed E-state index contributed by atoms with van der Waals surface area (Å²) in [7, 11) is 0. The number of hydrogen-bond acceptors (Lipinski definition) is 3. The van der Waals surface area contributed by atoms with Gasteiger partial charge in [0.15, 0.2) is 11.7 Å². The molecule has 0 spiro atoms. The molecule has 9 heteroatoms. The minimum atomic E-state index is -4.79. The van der Waals surface area contributed by atoms with Crippen LogP contribution >= 0.6 is 0 Å². The predicted molar refractivity (Wildman–Crippen MR) is 99.8 cm³/mol. The summed E-state index contributed by atoms with van der Waals surface area (Å²) in [5, 5.41) is 6.89. The van der Waals surface area contributed by atoms with Crippen LogP contribution in [-0.2, 0) is 13.1 Å². The number of nitrogens with one attached hydrogen (secondary N) is 1. The molecule has 28 heavy (non-hydrogen) atoms. The Morgan fingerprint density at radius 3 is 2.54 bits per heavy atom. The zero-order valence-corrected chi connectivity index (χ0v) is 14.7. The third kappa shape index (κ3) is 5.76. The number of alkyl halides is 3. The van der Waals surface area contributed by atoms with Crippen LogP contribution in [0, 0.1) is 0 Å². The summed E-state index contributed by atoms with van der Waals surface area (Å²) in [6, 6.07) is 15.5. The summed E-state index contributed by atoms with van der Waals surface area (Å²) in [6.07, 6.45) is -1.29. The molecule has 6 nitrogen and oxygen atoms in total. The maximum absolute atomic E-state index is 12.5. The standard InChI is InChI=1S/C19H18F3N5O/c20-19(21,22)28-17-9-5-4-8-16(17)26-18(23)24-10-15-11-25-27(13-15)12-14-6-2-1-3-7-14/h1-9,11,13H,10,12H2,(H3,23,24,26). The summed E-state index contributed by atoms with van der Waals surface area (Å²) < 4.78 is 43.1. The Hall–Kier alpha value is -3.49. The maximum atomic E-state index is 12.5. The number of rotatable bonds is 6. The Labute approximate surface area is 159 Å². The van der Waals surface area contributed by atoms with Crippen LogP contribution in [-0.4, -0.2) is 22.1 Å². The predicted octanol–water partition coefficient (Wildman–Crippen LogP) is 3.76. The fraction of sp³-hybridized carbons (Fsp3) is 0.158. The minimum absolute atomic E-state index is 0.0333. The van der Waals surface area contributed by atoms with Crippen LogP contribution in [0.2, 0.25) is 0 Å². The molecule has 3 aromatic rings. The van der Waals surface area contributed by atoms with E-state index in [0.29, 0.717) is 6.54 Å². The summed E-state index contributed by atoms with van der Waals surface area (Å²) in [5.41, 5.74) is 7.80. The van der Waals surface area contributed by atoms with E-state index in [2.05, 4.69) is 20.1 Å². The number of aromatic nitrogens is 2. The molecule has 0 aliphatic heterocycles. The molecule has 1 aromatic heterocycles. The Bertz CT molecular complexity index is 938. The summed E-state index contributed by atoms with van der Waals surface area (Å²) >= 11 is 0. The van der Waals surface area contributed by atoms with Crippen molar-refractivity contribution in [1.29, 1.82) is 0 Å². The molecule has 0 aliphatic rings. The topological polar surface area (TPSA) is 77.5 Å². The van der Waals surface area contributed by atoms with Gasteiger partial charge in [0.1, 0.15) is 0 Å². The molecule has 3 rings (SSSR count). The highest BCUT2D eigenvalue weighted by molar-refractivity contribution is 5.93. The molecule has 146 valence electrons. The van der Waals surface area contributed by atoms with Crippen molar-refractivity contribution in [3.8, 4) is 5.75 Å². The van der Waals surface area contributed by atoms with Crippen molar-refractivity contribution in [2.24, 2.45) is 10.7 Å². The Morgan fingerprint density at radius 2 is 1.79 bits per heavy atom. The molecule has 0 radical (unpaired) electrons. The summed E-state index contributed by atoms with van der Waals surface area (Å²) in [5.74, 6) is -0.419. The van der Waals surface area contributed by atoms with Crippen molar-refractivity contribution in [3.63, 3.8) is 0 Å². The Morgan fingerprint density at radius 1 is 1.07 bits per heavy atom. The highest BCUT2D eigenvalue weighted by Gasteiger charge is 2.32. The van der Waals surface area contributed by atoms with E-state index in [1.54, 1.807) is 16.9 Å². The summed E-state index contributed by atoms with van der Waals surface area (Å²) in [6.45, 7) is 0.858. The molecule has 0 amide bonds. The minimum Gasteiger partial charge on any atom is -0.404 e. The molecule has 0 fully saturated rings. The third-order valence-corrected chi connectivity index (χ3v) is 3.68. The van der Waals surface area contributed by atoms with Crippen LogP contribution in [0.4, 0.5) is 18.9 Å². The van der Waals surface area contributed by atoms with Gasteiger partial charge in [0.2, 0.25) is 0 Å². The largest absolute Gasteiger partial charge is 0.573 e. The average Bonchev–Trinajstić information content (AvgIpc) is 3.09. The number of ether oxygens (including phenoxy) is 1. The molecular weight excluding hydrogens is 371 g/mol. The second kappa shape index (κ2) is 8.47. The quantitative estimate of drug-likeness (QED) is 0.497. The van der Waals surface area contributed by atoms with Crippen molar-refractivity contribution < 1.29 is 17.9 Å². The molecule has 0 bridgehead atoms. The lowest BCUT2D eigenvalue weighted by Gasteiger charge is -2.14. The second-order valence-corrected chi connectivity index (χ2v) is 5.90. The number of guanidine groups is 1. The number of halogens is 3. The number of aliphatic imine (C=N–C) groups is 1. The van der Waals surface area contributed by atoms with Crippen LogP contribution in [0.5, 0.6) is 5.75 Å². The van der Waals surface area contributed by atoms with E-state index in [4.69, 9.17) is 5.73 Å². The van der Waals surface area contributed by atoms with Crippen LogP contribution in [0.1, 0.15) is 11.1 Å². The van der Waals surface area contributed by atoms with Crippen LogP contribution in [0.15, 0.2) is 72.0 Å². The van der Waals surface area contributed by atoms with E-state index < -0.39 is 6.36 Å². The van der Waals surface area contributed by atoms with Gasteiger partial charge < -0.3 is 15.8 Å². The molecule has 0 aliphatic carbocycles. The third-order valence-electron chi connectivity index (χ3n) is 3.68. The molecule has 1 heterocycles. The average molecular weight is 389 g/mol. The fourth-order valence-electron chi connectivity index (χ4n) is 2.48. The molecule has 2 aromatic carbocycles. The zero-order chi connectivity index (χ0) is 20.0. The van der Waals surface area contributed by atoms with E-state index in [-0.39, 0.29) is 23.9 Å². The van der Waals surface area contributed by atoms with Crippen molar-refractivity contribution in [3.05, 3.63) is 78.1 Å². The Kier molecular flexibility index (Phi) is 5.83. The van der Waals surface area contributed by atoms with Crippen LogP contribution in [0.3, 0.4) is 0 Å². The SMILES string of the molecule is NC(=NCc1cnn(Cc2ccccc2)c1)Nc1ccccc1OC(F)(F)F. The fourth-order valence-corrected chi connectivity index (χ4v) is 2.48. The van der Waals surface area contributed by atoms with E-state index in [9.17, 15) is 13.2 Å². The molecule has 3 N–H and O–H groups in total. The monoisotopic (exact) mass is 389 g/mol. The number of para-hydroxylation sites is 2. The van der Waals surface area contributed by atoms with Gasteiger partial charge in [-0.15, -0.1) is 13.2 Å². The number of nitrogens with zero attached hydrogens (tertiary/aromatic N) is 3. The first kappa shape index (κ1) is 19.3. The maximum Gasteiger partial charge on any atom is 0.573 e. The van der Waals surface area contributed by atoms with Crippen LogP contribution < -0.4 is 15.8 Å². The lowest BCUT2D eigenvalue weighted by atomic mass is 10.2. The lowest BCUT2D eigenvalue weighted by molar-refractivity contribution is -0.274. The number of nitrogens with two attached hydrogens (primary N) is 1. The first-order valence-corrected chi connectivity index (χ1v) is 8.36. The van der Waals surface area contributed by atoms with Gasteiger partial charge in [0.05, 0.1) is 25.0 Å². The molecule has 0 saturated heterocycles. The second-order valence-electron chi connectivity index (χ2n) is 5.90. The molecule has 0 unspecified atom stereocenters. The van der Waals surface area contributed by atoms with E-state index in [0.717, 1.165) is 11.1 Å². The molecule has 0 saturated carbocycles. The first-order valence-electron chi connectivity index (χ1n) is 8.36. The van der Waals surface area contributed by atoms with Gasteiger partial charge in [-0.1, -0.05) is 42.5 Å². The molecular formula is C19H18F3N5O. The number of anilines is 1. The lowest BCUT2D eigenvalue weighted by Crippen LogP contribution is -2.24. The highest BCUT2D eigenvalue weighted by Crippen LogP contribution is 2.29. The highest BCUT2D eigenvalue weighted by atomic mass is 19.4. The summed E-state index contributed by atoms with van der Waals surface area (Å²) in [4.78, 5) is 4.14. The zero-order valence-electron chi connectivity index (χ0n) is 14.7. The van der Waals surface area contributed by atoms with Crippen molar-refractivity contribution in [2.45, 2.75) is 19.5 Å². The van der Waals surface area contributed by atoms with Gasteiger partial charge in [-0.25, -0.2) is 4.99 Å². The van der Waals surface area contributed by atoms with E-state index >= 15 is 0 Å². The van der Waals surface area contributed by atoms with E-state index in [1.165, 1.54) is 18.2 Å². The van der Waals surface area contributed by atoms with Crippen LogP contribution in [0.25, 0.3) is 0 Å². The van der Waals surface area contributed by atoms with Gasteiger partial charge >= 0.3 is 6.36 Å². The van der Waals surface area contributed by atoms with Gasteiger partial charge in [0, 0.05) is 11.8 Å². The normalized spacial score (nSPS) is 12.0. The van der Waals surface area contributed by atoms with Gasteiger partial charge in [-0.3, -0.25) is 4.68 Å². The van der Waals surface area contributed by atoms with Crippen molar-refractivity contribution in [1.82, 2.24) is 9.78 Å². The van der Waals surface area contributed by atoms with Gasteiger partial charge in [-0.2, -0.15) is 5.10 Å². The molecule has 0 atom stereocenters. The first-order chi connectivity index (χ1) is 13.4. The van der Waals surface area contributed by atoms with Crippen molar-refractivity contribution >= 4 is 11.6 Å². The Balaban J connectivity index is 1.61. The van der Waals surface area contributed by atoms with E-state index in [1.807, 2.05) is 36.5 Å². The number of hydrogen-bond donors (Lipinski definition) is 2. The van der Waals surface area contributed by atoms with Crippen molar-refractivity contribution in [2.75, 3.05) is 5.32 Å². The van der Waals surface area contributed by atoms with Gasteiger partial charge in [0.25, 0.3) is 0 Å².